The van der Waals surface area contributed by atoms with E-state index in [2.05, 4.69) is 5.10 Å². The zero-order valence-electron chi connectivity index (χ0n) is 11.0. The van der Waals surface area contributed by atoms with Crippen molar-refractivity contribution in [2.45, 2.75) is 0 Å². The SMILES string of the molecule is O=[N+]([O-])c1ccc(-c2nn(-c3ccc(O)cc3)c(=S)o2)cc1. The van der Waals surface area contributed by atoms with Gasteiger partial charge in [0, 0.05) is 17.7 Å². The third-order valence-electron chi connectivity index (χ3n) is 2.97. The largest absolute Gasteiger partial charge is 0.508 e. The lowest BCUT2D eigenvalue weighted by Gasteiger charge is -1.98. The van der Waals surface area contributed by atoms with E-state index in [1.54, 1.807) is 24.3 Å². The van der Waals surface area contributed by atoms with E-state index in [1.165, 1.54) is 28.9 Å². The molecule has 3 aromatic rings. The van der Waals surface area contributed by atoms with Gasteiger partial charge in [0.2, 0.25) is 5.89 Å². The van der Waals surface area contributed by atoms with Crippen molar-refractivity contribution in [2.24, 2.45) is 0 Å². The Labute approximate surface area is 129 Å². The fraction of sp³-hybridized carbons (Fsp3) is 0. The molecule has 0 unspecified atom stereocenters. The van der Waals surface area contributed by atoms with Crippen molar-refractivity contribution in [3.63, 3.8) is 0 Å². The van der Waals surface area contributed by atoms with Gasteiger partial charge < -0.3 is 9.52 Å². The summed E-state index contributed by atoms with van der Waals surface area (Å²) < 4.78 is 6.83. The Morgan fingerprint density at radius 3 is 2.36 bits per heavy atom. The second kappa shape index (κ2) is 5.41. The van der Waals surface area contributed by atoms with Crippen LogP contribution in [0.4, 0.5) is 5.69 Å². The van der Waals surface area contributed by atoms with E-state index in [1.807, 2.05) is 0 Å². The Morgan fingerprint density at radius 1 is 1.14 bits per heavy atom. The van der Waals surface area contributed by atoms with Gasteiger partial charge >= 0.3 is 0 Å². The summed E-state index contributed by atoms with van der Waals surface area (Å²) in [6.45, 7) is 0. The maximum absolute atomic E-state index is 10.6. The van der Waals surface area contributed by atoms with E-state index in [-0.39, 0.29) is 22.2 Å². The van der Waals surface area contributed by atoms with Crippen LogP contribution < -0.4 is 0 Å². The van der Waals surface area contributed by atoms with Crippen molar-refractivity contribution in [3.05, 3.63) is 63.5 Å². The first-order chi connectivity index (χ1) is 10.5. The standard InChI is InChI=1S/C14H9N3O4S/c18-12-7-5-10(6-8-12)16-14(22)21-13(15-16)9-1-3-11(4-2-9)17(19)20/h1-8,18H. The van der Waals surface area contributed by atoms with Crippen LogP contribution in [0.5, 0.6) is 5.75 Å². The molecular weight excluding hydrogens is 306 g/mol. The number of nitro benzene ring substituents is 1. The van der Waals surface area contributed by atoms with E-state index in [0.29, 0.717) is 11.3 Å². The summed E-state index contributed by atoms with van der Waals surface area (Å²) in [5.74, 6) is 0.391. The Morgan fingerprint density at radius 2 is 1.77 bits per heavy atom. The first-order valence-corrected chi connectivity index (χ1v) is 6.60. The molecule has 2 aromatic carbocycles. The topological polar surface area (TPSA) is 94.3 Å². The average Bonchev–Trinajstić information content (AvgIpc) is 2.90. The van der Waals surface area contributed by atoms with Gasteiger partial charge in [0.15, 0.2) is 0 Å². The summed E-state index contributed by atoms with van der Waals surface area (Å²) >= 11 is 5.12. The molecule has 0 aliphatic rings. The number of hydrogen-bond acceptors (Lipinski definition) is 6. The van der Waals surface area contributed by atoms with Crippen LogP contribution in [0, 0.1) is 15.0 Å². The molecule has 0 radical (unpaired) electrons. The summed E-state index contributed by atoms with van der Waals surface area (Å²) in [5.41, 5.74) is 1.20. The number of aromatic nitrogens is 2. The smallest absolute Gasteiger partial charge is 0.292 e. The summed E-state index contributed by atoms with van der Waals surface area (Å²) in [6, 6.07) is 12.1. The average molecular weight is 315 g/mol. The molecule has 0 fully saturated rings. The second-order valence-corrected chi connectivity index (χ2v) is 4.75. The summed E-state index contributed by atoms with van der Waals surface area (Å²) in [5, 5.41) is 24.2. The van der Waals surface area contributed by atoms with Gasteiger partial charge in [0.05, 0.1) is 10.6 Å². The van der Waals surface area contributed by atoms with E-state index in [0.717, 1.165) is 0 Å². The third kappa shape index (κ3) is 2.59. The van der Waals surface area contributed by atoms with Gasteiger partial charge in [-0.05, 0) is 48.6 Å². The van der Waals surface area contributed by atoms with Crippen LogP contribution in [0.2, 0.25) is 0 Å². The highest BCUT2D eigenvalue weighted by Gasteiger charge is 2.12. The molecule has 0 bridgehead atoms. The summed E-state index contributed by atoms with van der Waals surface area (Å²) in [4.78, 5) is 10.3. The molecular formula is C14H9N3O4S. The molecule has 7 nitrogen and oxygen atoms in total. The van der Waals surface area contributed by atoms with Crippen LogP contribution in [0.25, 0.3) is 17.1 Å². The Kier molecular flexibility index (Phi) is 3.43. The molecule has 3 rings (SSSR count). The Hall–Kier alpha value is -3.00. The molecule has 8 heteroatoms. The van der Waals surface area contributed by atoms with Crippen molar-refractivity contribution in [2.75, 3.05) is 0 Å². The summed E-state index contributed by atoms with van der Waals surface area (Å²) in [6.07, 6.45) is 0. The van der Waals surface area contributed by atoms with Gasteiger partial charge in [0.1, 0.15) is 5.75 Å². The normalized spacial score (nSPS) is 10.5. The molecule has 0 saturated heterocycles. The quantitative estimate of drug-likeness (QED) is 0.452. The molecule has 1 N–H and O–H groups in total. The van der Waals surface area contributed by atoms with Crippen molar-refractivity contribution in [3.8, 4) is 22.9 Å². The van der Waals surface area contributed by atoms with Crippen LogP contribution in [-0.4, -0.2) is 19.8 Å². The molecule has 1 aromatic heterocycles. The Balaban J connectivity index is 2.00. The fourth-order valence-electron chi connectivity index (χ4n) is 1.88. The predicted octanol–water partition coefficient (Wildman–Crippen LogP) is 3.48. The van der Waals surface area contributed by atoms with Crippen LogP contribution in [-0.2, 0) is 0 Å². The molecule has 0 atom stereocenters. The van der Waals surface area contributed by atoms with Crippen LogP contribution in [0.3, 0.4) is 0 Å². The minimum absolute atomic E-state index is 0.0136. The number of nitrogens with zero attached hydrogens (tertiary/aromatic N) is 3. The minimum atomic E-state index is -0.478. The maximum Gasteiger partial charge on any atom is 0.292 e. The molecule has 0 spiro atoms. The van der Waals surface area contributed by atoms with Crippen molar-refractivity contribution in [1.29, 1.82) is 0 Å². The number of hydrogen-bond donors (Lipinski definition) is 1. The second-order valence-electron chi connectivity index (χ2n) is 4.41. The lowest BCUT2D eigenvalue weighted by molar-refractivity contribution is -0.384. The molecule has 0 amide bonds. The number of phenolic OH excluding ortho intramolecular Hbond substituents is 1. The molecule has 0 aliphatic carbocycles. The number of nitro groups is 1. The molecule has 1 heterocycles. The lowest BCUT2D eigenvalue weighted by Crippen LogP contribution is -1.96. The van der Waals surface area contributed by atoms with Gasteiger partial charge in [-0.25, -0.2) is 0 Å². The summed E-state index contributed by atoms with van der Waals surface area (Å²) in [7, 11) is 0. The number of rotatable bonds is 3. The molecule has 0 saturated carbocycles. The van der Waals surface area contributed by atoms with Gasteiger partial charge in [-0.2, -0.15) is 4.68 Å². The number of benzene rings is 2. The highest BCUT2D eigenvalue weighted by Crippen LogP contribution is 2.23. The maximum atomic E-state index is 10.6. The van der Waals surface area contributed by atoms with E-state index >= 15 is 0 Å². The number of phenols is 1. The highest BCUT2D eigenvalue weighted by molar-refractivity contribution is 7.71. The van der Waals surface area contributed by atoms with Gasteiger partial charge in [-0.1, -0.05) is 0 Å². The third-order valence-corrected chi connectivity index (χ3v) is 3.22. The molecule has 110 valence electrons. The zero-order chi connectivity index (χ0) is 15.7. The first kappa shape index (κ1) is 14.0. The van der Waals surface area contributed by atoms with Gasteiger partial charge in [-0.15, -0.1) is 5.10 Å². The van der Waals surface area contributed by atoms with E-state index in [4.69, 9.17) is 16.6 Å². The predicted molar refractivity (Wildman–Crippen MR) is 80.4 cm³/mol. The molecule has 22 heavy (non-hydrogen) atoms. The van der Waals surface area contributed by atoms with E-state index < -0.39 is 4.92 Å². The number of aromatic hydroxyl groups is 1. The van der Waals surface area contributed by atoms with Crippen LogP contribution in [0.1, 0.15) is 0 Å². The van der Waals surface area contributed by atoms with Gasteiger partial charge in [-0.3, -0.25) is 10.1 Å². The van der Waals surface area contributed by atoms with Crippen LogP contribution in [0.15, 0.2) is 52.9 Å². The lowest BCUT2D eigenvalue weighted by atomic mass is 10.2. The minimum Gasteiger partial charge on any atom is -0.508 e. The fourth-order valence-corrected chi connectivity index (χ4v) is 2.10. The first-order valence-electron chi connectivity index (χ1n) is 6.19. The molecule has 0 aliphatic heterocycles. The highest BCUT2D eigenvalue weighted by atomic mass is 32.1. The van der Waals surface area contributed by atoms with Crippen molar-refractivity contribution >= 4 is 17.9 Å². The number of non-ortho nitro benzene ring substituents is 1. The zero-order valence-corrected chi connectivity index (χ0v) is 11.9. The van der Waals surface area contributed by atoms with Crippen molar-refractivity contribution in [1.82, 2.24) is 9.78 Å². The van der Waals surface area contributed by atoms with E-state index in [9.17, 15) is 15.2 Å². The van der Waals surface area contributed by atoms with Crippen molar-refractivity contribution < 1.29 is 14.4 Å². The Bertz CT molecular complexity index is 882. The van der Waals surface area contributed by atoms with Gasteiger partial charge in [0.25, 0.3) is 10.5 Å². The van der Waals surface area contributed by atoms with Crippen LogP contribution >= 0.6 is 12.2 Å². The monoisotopic (exact) mass is 315 g/mol.